The third kappa shape index (κ3) is 1.67. The molecule has 2 heterocycles. The zero-order chi connectivity index (χ0) is 11.0. The lowest BCUT2D eigenvalue weighted by Gasteiger charge is -2.05. The predicted octanol–water partition coefficient (Wildman–Crippen LogP) is 2.35. The Bertz CT molecular complexity index is 393. The maximum atomic E-state index is 7.75. The van der Waals surface area contributed by atoms with Gasteiger partial charge < -0.3 is 4.74 Å². The van der Waals surface area contributed by atoms with Gasteiger partial charge in [0.25, 0.3) is 0 Å². The highest BCUT2D eigenvalue weighted by atomic mass is 79.9. The Balaban J connectivity index is 2.47. The first-order chi connectivity index (χ1) is 7.11. The van der Waals surface area contributed by atoms with E-state index in [0.717, 1.165) is 6.42 Å². The molecule has 1 aliphatic rings. The van der Waals surface area contributed by atoms with Crippen molar-refractivity contribution in [3.8, 4) is 0 Å². The van der Waals surface area contributed by atoms with Gasteiger partial charge in [-0.25, -0.2) is 4.98 Å². The Morgan fingerprint density at radius 3 is 3.33 bits per heavy atom. The summed E-state index contributed by atoms with van der Waals surface area (Å²) in [6, 6.07) is -0.0415. The molecule has 1 aromatic rings. The number of halogens is 1. The molecule has 0 amide bonds. The van der Waals surface area contributed by atoms with Gasteiger partial charge in [0, 0.05) is 18.2 Å². The first-order valence-corrected chi connectivity index (χ1v) is 4.61. The van der Waals surface area contributed by atoms with Gasteiger partial charge in [-0.3, -0.25) is 0 Å². The van der Waals surface area contributed by atoms with Crippen LogP contribution in [0.3, 0.4) is 0 Å². The van der Waals surface area contributed by atoms with E-state index in [-0.39, 0.29) is 24.0 Å². The molecule has 64 valence electrons. The molecule has 0 aromatic carbocycles. The van der Waals surface area contributed by atoms with Crippen LogP contribution in [0.2, 0.25) is 0 Å². The molecule has 0 N–H and O–H groups in total. The molecule has 3 heteroatoms. The van der Waals surface area contributed by atoms with E-state index in [0.29, 0.717) is 23.5 Å². The maximum absolute atomic E-state index is 7.75. The number of nitrogens with zero attached hydrogens (tertiary/aromatic N) is 1. The van der Waals surface area contributed by atoms with E-state index >= 15 is 0 Å². The van der Waals surface area contributed by atoms with Crippen molar-refractivity contribution >= 4 is 15.9 Å². The maximum Gasteiger partial charge on any atom is 0.106 e. The van der Waals surface area contributed by atoms with Crippen molar-refractivity contribution in [3.05, 3.63) is 28.4 Å². The van der Waals surface area contributed by atoms with Crippen LogP contribution in [-0.4, -0.2) is 18.2 Å². The molecule has 0 radical (unpaired) electrons. The molecule has 2 nitrogen and oxygen atoms in total. The minimum absolute atomic E-state index is 0.0253. The number of ether oxygens (including phenoxy) is 1. The van der Waals surface area contributed by atoms with Gasteiger partial charge in [-0.1, -0.05) is 6.04 Å². The SMILES string of the molecule is [2H]c1c(Br)nc(C2CCOC2)c([2H])c1[2H]. The summed E-state index contributed by atoms with van der Waals surface area (Å²) in [5.41, 5.74) is 0.570. The van der Waals surface area contributed by atoms with Gasteiger partial charge in [0.2, 0.25) is 0 Å². The molecule has 1 saturated heterocycles. The van der Waals surface area contributed by atoms with E-state index in [1.165, 1.54) is 0 Å². The average molecular weight is 231 g/mol. The Hall–Kier alpha value is -0.410. The number of aromatic nitrogens is 1. The highest BCUT2D eigenvalue weighted by Crippen LogP contribution is 2.24. The summed E-state index contributed by atoms with van der Waals surface area (Å²) >= 11 is 3.14. The standard InChI is InChI=1S/C9H10BrNO/c10-9-3-1-2-8(11-9)7-4-5-12-6-7/h1-3,7H,4-6H2/i1D,2D,3D. The summed E-state index contributed by atoms with van der Waals surface area (Å²) in [6.45, 7) is 1.24. The highest BCUT2D eigenvalue weighted by Gasteiger charge is 2.18. The van der Waals surface area contributed by atoms with Gasteiger partial charge in [-0.05, 0) is 34.4 Å². The van der Waals surface area contributed by atoms with Gasteiger partial charge in [0.05, 0.1) is 10.7 Å². The average Bonchev–Trinajstić information content (AvgIpc) is 2.73. The molecule has 1 fully saturated rings. The van der Waals surface area contributed by atoms with Gasteiger partial charge in [-0.15, -0.1) is 0 Å². The van der Waals surface area contributed by atoms with Gasteiger partial charge in [0.1, 0.15) is 4.60 Å². The van der Waals surface area contributed by atoms with E-state index in [1.54, 1.807) is 0 Å². The van der Waals surface area contributed by atoms with Gasteiger partial charge in [0.15, 0.2) is 0 Å². The van der Waals surface area contributed by atoms with Crippen LogP contribution >= 0.6 is 15.9 Å². The minimum atomic E-state index is -0.0706. The Morgan fingerprint density at radius 2 is 2.58 bits per heavy atom. The van der Waals surface area contributed by atoms with Crippen molar-refractivity contribution < 1.29 is 8.85 Å². The molecule has 0 saturated carbocycles. The Morgan fingerprint density at radius 1 is 1.67 bits per heavy atom. The van der Waals surface area contributed by atoms with Crippen molar-refractivity contribution in [2.45, 2.75) is 12.3 Å². The summed E-state index contributed by atoms with van der Waals surface area (Å²) in [5.74, 6) is 0.0958. The van der Waals surface area contributed by atoms with E-state index in [4.69, 9.17) is 8.85 Å². The third-order valence-electron chi connectivity index (χ3n) is 1.89. The van der Waals surface area contributed by atoms with Crippen LogP contribution in [0.5, 0.6) is 0 Å². The minimum Gasteiger partial charge on any atom is -0.381 e. The van der Waals surface area contributed by atoms with Crippen LogP contribution in [-0.2, 0) is 4.74 Å². The quantitative estimate of drug-likeness (QED) is 0.692. The molecule has 0 aliphatic carbocycles. The van der Waals surface area contributed by atoms with Crippen molar-refractivity contribution in [1.29, 1.82) is 0 Å². The highest BCUT2D eigenvalue weighted by molar-refractivity contribution is 9.10. The predicted molar refractivity (Wildman–Crippen MR) is 50.1 cm³/mol. The molecule has 0 bridgehead atoms. The Kier molecular flexibility index (Phi) is 1.58. The molecule has 1 aliphatic heterocycles. The monoisotopic (exact) mass is 230 g/mol. The molecule has 12 heavy (non-hydrogen) atoms. The lowest BCUT2D eigenvalue weighted by molar-refractivity contribution is 0.193. The van der Waals surface area contributed by atoms with Crippen molar-refractivity contribution in [2.24, 2.45) is 0 Å². The van der Waals surface area contributed by atoms with Crippen molar-refractivity contribution in [1.82, 2.24) is 4.98 Å². The molecular formula is C9H10BrNO. The molecular weight excluding hydrogens is 218 g/mol. The third-order valence-corrected chi connectivity index (χ3v) is 2.27. The summed E-state index contributed by atoms with van der Waals surface area (Å²) in [6.07, 6.45) is 0.835. The second kappa shape index (κ2) is 3.54. The lowest BCUT2D eigenvalue weighted by atomic mass is 10.0. The second-order valence-electron chi connectivity index (χ2n) is 2.72. The van der Waals surface area contributed by atoms with Gasteiger partial charge >= 0.3 is 0 Å². The van der Waals surface area contributed by atoms with E-state index in [2.05, 4.69) is 20.9 Å². The van der Waals surface area contributed by atoms with Gasteiger partial charge in [-0.2, -0.15) is 0 Å². The molecule has 1 aromatic heterocycles. The number of hydrogen-bond acceptors (Lipinski definition) is 2. The number of pyridine rings is 1. The summed E-state index contributed by atoms with van der Waals surface area (Å²) in [5, 5.41) is 0. The van der Waals surface area contributed by atoms with E-state index in [1.807, 2.05) is 0 Å². The fourth-order valence-corrected chi connectivity index (χ4v) is 1.54. The van der Waals surface area contributed by atoms with E-state index < -0.39 is 0 Å². The lowest BCUT2D eigenvalue weighted by Crippen LogP contribution is -2.00. The topological polar surface area (TPSA) is 22.1 Å². The summed E-state index contributed by atoms with van der Waals surface area (Å²) in [4.78, 5) is 4.16. The van der Waals surface area contributed by atoms with Crippen LogP contribution in [0.15, 0.2) is 22.7 Å². The molecule has 1 atom stereocenters. The van der Waals surface area contributed by atoms with Crippen LogP contribution in [0.1, 0.15) is 22.1 Å². The van der Waals surface area contributed by atoms with Crippen LogP contribution in [0.25, 0.3) is 0 Å². The fraction of sp³-hybridized carbons (Fsp3) is 0.444. The molecule has 1 unspecified atom stereocenters. The molecule has 0 spiro atoms. The molecule has 2 rings (SSSR count). The van der Waals surface area contributed by atoms with Crippen LogP contribution in [0.4, 0.5) is 0 Å². The first-order valence-electron chi connectivity index (χ1n) is 5.32. The van der Waals surface area contributed by atoms with Crippen LogP contribution < -0.4 is 0 Å². The summed E-state index contributed by atoms with van der Waals surface area (Å²) in [7, 11) is 0. The van der Waals surface area contributed by atoms with Crippen molar-refractivity contribution in [3.63, 3.8) is 0 Å². The summed E-state index contributed by atoms with van der Waals surface area (Å²) < 4.78 is 28.4. The normalized spacial score (nSPS) is 26.4. The first kappa shape index (κ1) is 5.35. The zero-order valence-corrected chi connectivity index (χ0v) is 8.02. The van der Waals surface area contributed by atoms with Crippen LogP contribution in [0, 0.1) is 0 Å². The van der Waals surface area contributed by atoms with Crippen molar-refractivity contribution in [2.75, 3.05) is 13.2 Å². The zero-order valence-electron chi connectivity index (χ0n) is 9.43. The van der Waals surface area contributed by atoms with E-state index in [9.17, 15) is 0 Å². The number of hydrogen-bond donors (Lipinski definition) is 0. The second-order valence-corrected chi connectivity index (χ2v) is 3.47. The fourth-order valence-electron chi connectivity index (χ4n) is 1.25. The number of rotatable bonds is 1. The smallest absolute Gasteiger partial charge is 0.106 e. The largest absolute Gasteiger partial charge is 0.381 e. The Labute approximate surface area is 84.3 Å².